The molecule has 0 fully saturated rings. The van der Waals surface area contributed by atoms with Crippen LogP contribution in [0.25, 0.3) is 10.9 Å². The molecule has 0 bridgehead atoms. The molecule has 0 aliphatic carbocycles. The number of carbonyl (C=O) groups is 1. The molecule has 1 amide bonds. The van der Waals surface area contributed by atoms with E-state index in [0.717, 1.165) is 4.90 Å². The Morgan fingerprint density at radius 3 is 2.38 bits per heavy atom. The number of para-hydroxylation sites is 1. The first-order chi connectivity index (χ1) is 14.0. The van der Waals surface area contributed by atoms with Crippen LogP contribution in [0.5, 0.6) is 0 Å². The van der Waals surface area contributed by atoms with Gasteiger partial charge in [-0.05, 0) is 73.5 Å². The first-order valence-corrected chi connectivity index (χ1v) is 10.1. The number of nitrogens with one attached hydrogen (secondary N) is 2. The highest BCUT2D eigenvalue weighted by Crippen LogP contribution is 2.29. The average Bonchev–Trinajstić information content (AvgIpc) is 2.72. The smallest absolute Gasteiger partial charge is 0.261 e. The van der Waals surface area contributed by atoms with Gasteiger partial charge in [-0.2, -0.15) is 0 Å². The van der Waals surface area contributed by atoms with Gasteiger partial charge in [0, 0.05) is 32.6 Å². The highest BCUT2D eigenvalue weighted by Gasteiger charge is 2.13. The van der Waals surface area contributed by atoms with E-state index in [1.807, 2.05) is 36.4 Å². The van der Waals surface area contributed by atoms with E-state index in [2.05, 4.69) is 42.3 Å². The Morgan fingerprint density at radius 2 is 1.62 bits per heavy atom. The molecule has 0 radical (unpaired) electrons. The Balaban J connectivity index is 1.50. The number of hydrogen-bond donors (Lipinski definition) is 2. The third-order valence-corrected chi connectivity index (χ3v) is 5.86. The van der Waals surface area contributed by atoms with Gasteiger partial charge in [-0.15, -0.1) is 0 Å². The summed E-state index contributed by atoms with van der Waals surface area (Å²) in [6, 6.07) is 21.1. The number of aromatic nitrogens is 1. The van der Waals surface area contributed by atoms with Gasteiger partial charge in [-0.25, -0.2) is 0 Å². The van der Waals surface area contributed by atoms with Crippen LogP contribution in [0, 0.1) is 13.8 Å². The van der Waals surface area contributed by atoms with Gasteiger partial charge < -0.3 is 10.3 Å². The lowest BCUT2D eigenvalue weighted by Crippen LogP contribution is -2.21. The second-order valence-electron chi connectivity index (χ2n) is 6.90. The lowest BCUT2D eigenvalue weighted by molar-refractivity contribution is 0.102. The molecule has 2 N–H and O–H groups in total. The summed E-state index contributed by atoms with van der Waals surface area (Å²) in [5, 5.41) is 3.30. The maximum atomic E-state index is 12.6. The molecule has 3 aromatic carbocycles. The van der Waals surface area contributed by atoms with Crippen LogP contribution in [0.1, 0.15) is 21.5 Å². The average molecular weight is 401 g/mol. The molecule has 1 aromatic heterocycles. The van der Waals surface area contributed by atoms with Gasteiger partial charge in [0.25, 0.3) is 5.91 Å². The van der Waals surface area contributed by atoms with Crippen molar-refractivity contribution < 1.29 is 4.79 Å². The van der Waals surface area contributed by atoms with E-state index in [-0.39, 0.29) is 11.0 Å². The summed E-state index contributed by atoms with van der Waals surface area (Å²) in [4.78, 5) is 30.4. The van der Waals surface area contributed by atoms with Crippen LogP contribution in [0.15, 0.2) is 87.5 Å². The molecular formula is C24H20N2O2S. The Bertz CT molecular complexity index is 1260. The van der Waals surface area contributed by atoms with Crippen LogP contribution in [0.3, 0.4) is 0 Å². The van der Waals surface area contributed by atoms with Crippen molar-refractivity contribution in [3.8, 4) is 0 Å². The number of carbonyl (C=O) groups excluding carboxylic acids is 1. The molecule has 0 atom stereocenters. The van der Waals surface area contributed by atoms with E-state index in [1.54, 1.807) is 23.9 Å². The number of hydrogen-bond acceptors (Lipinski definition) is 3. The second kappa shape index (κ2) is 7.97. The molecule has 0 aliphatic heterocycles. The summed E-state index contributed by atoms with van der Waals surface area (Å²) in [5.41, 5.74) is 3.71. The van der Waals surface area contributed by atoms with Gasteiger partial charge in [-0.3, -0.25) is 9.59 Å². The lowest BCUT2D eigenvalue weighted by atomic mass is 10.1. The summed E-state index contributed by atoms with van der Waals surface area (Å²) in [6.07, 6.45) is 1.46. The van der Waals surface area contributed by atoms with Crippen molar-refractivity contribution in [2.24, 2.45) is 0 Å². The molecule has 0 spiro atoms. The van der Waals surface area contributed by atoms with Crippen molar-refractivity contribution in [2.45, 2.75) is 23.6 Å². The molecule has 1 heterocycles. The van der Waals surface area contributed by atoms with Crippen molar-refractivity contribution in [2.75, 3.05) is 5.32 Å². The third kappa shape index (κ3) is 4.10. The summed E-state index contributed by atoms with van der Waals surface area (Å²) in [5.74, 6) is -0.424. The number of benzene rings is 3. The summed E-state index contributed by atoms with van der Waals surface area (Å²) < 4.78 is 0. The zero-order valence-electron chi connectivity index (χ0n) is 16.2. The SMILES string of the molecule is Cc1ccc(Sc2ccc(NC(=O)c3c[nH]c4ccccc4c3=O)cc2)cc1C. The highest BCUT2D eigenvalue weighted by molar-refractivity contribution is 7.99. The number of anilines is 1. The maximum absolute atomic E-state index is 12.6. The first-order valence-electron chi connectivity index (χ1n) is 9.28. The van der Waals surface area contributed by atoms with Gasteiger partial charge in [-0.1, -0.05) is 30.0 Å². The molecule has 0 saturated heterocycles. The molecule has 4 aromatic rings. The minimum absolute atomic E-state index is 0.0947. The Morgan fingerprint density at radius 1 is 0.897 bits per heavy atom. The van der Waals surface area contributed by atoms with Gasteiger partial charge in [0.15, 0.2) is 0 Å². The summed E-state index contributed by atoms with van der Waals surface area (Å²) >= 11 is 1.67. The number of rotatable bonds is 4. The highest BCUT2D eigenvalue weighted by atomic mass is 32.2. The summed E-state index contributed by atoms with van der Waals surface area (Å²) in [7, 11) is 0. The molecule has 144 valence electrons. The number of pyridine rings is 1. The zero-order chi connectivity index (χ0) is 20.4. The lowest BCUT2D eigenvalue weighted by Gasteiger charge is -2.08. The minimum atomic E-state index is -0.424. The van der Waals surface area contributed by atoms with E-state index < -0.39 is 5.91 Å². The Kier molecular flexibility index (Phi) is 5.23. The van der Waals surface area contributed by atoms with Crippen molar-refractivity contribution in [1.82, 2.24) is 4.98 Å². The first kappa shape index (κ1) is 19.0. The van der Waals surface area contributed by atoms with Crippen LogP contribution in [-0.2, 0) is 0 Å². The quantitative estimate of drug-likeness (QED) is 0.472. The Labute approximate surface area is 173 Å². The van der Waals surface area contributed by atoms with Crippen LogP contribution in [0.4, 0.5) is 5.69 Å². The Hall–Kier alpha value is -3.31. The van der Waals surface area contributed by atoms with Gasteiger partial charge in [0.05, 0.1) is 0 Å². The predicted octanol–water partition coefficient (Wildman–Crippen LogP) is 5.55. The molecule has 4 nitrogen and oxygen atoms in total. The van der Waals surface area contributed by atoms with Crippen LogP contribution >= 0.6 is 11.8 Å². The molecular weight excluding hydrogens is 380 g/mol. The van der Waals surface area contributed by atoms with Crippen molar-refractivity contribution >= 4 is 34.3 Å². The van der Waals surface area contributed by atoms with E-state index >= 15 is 0 Å². The second-order valence-corrected chi connectivity index (χ2v) is 8.05. The summed E-state index contributed by atoms with van der Waals surface area (Å²) in [6.45, 7) is 4.20. The van der Waals surface area contributed by atoms with E-state index in [1.165, 1.54) is 22.2 Å². The van der Waals surface area contributed by atoms with Gasteiger partial charge >= 0.3 is 0 Å². The molecule has 0 aliphatic rings. The van der Waals surface area contributed by atoms with Crippen LogP contribution < -0.4 is 10.7 Å². The minimum Gasteiger partial charge on any atom is -0.360 e. The van der Waals surface area contributed by atoms with E-state index in [4.69, 9.17) is 0 Å². The number of amides is 1. The number of aromatic amines is 1. The number of aryl methyl sites for hydroxylation is 2. The number of fused-ring (bicyclic) bond motifs is 1. The fourth-order valence-electron chi connectivity index (χ4n) is 3.05. The van der Waals surface area contributed by atoms with Crippen LogP contribution in [-0.4, -0.2) is 10.9 Å². The molecule has 0 saturated carbocycles. The molecule has 4 rings (SSSR count). The van der Waals surface area contributed by atoms with Gasteiger partial charge in [0.2, 0.25) is 5.43 Å². The topological polar surface area (TPSA) is 62.0 Å². The fraction of sp³-hybridized carbons (Fsp3) is 0.0833. The van der Waals surface area contributed by atoms with Crippen molar-refractivity contribution in [1.29, 1.82) is 0 Å². The van der Waals surface area contributed by atoms with Gasteiger partial charge in [0.1, 0.15) is 5.56 Å². The predicted molar refractivity (Wildman–Crippen MR) is 119 cm³/mol. The standard InChI is InChI=1S/C24H20N2O2S/c1-15-7-10-19(13-16(15)2)29-18-11-8-17(9-12-18)26-24(28)21-14-25-22-6-4-3-5-20(22)23(21)27/h3-14H,1-2H3,(H,25,27)(H,26,28). The maximum Gasteiger partial charge on any atom is 0.261 e. The zero-order valence-corrected chi connectivity index (χ0v) is 17.0. The largest absolute Gasteiger partial charge is 0.360 e. The normalized spacial score (nSPS) is 10.8. The molecule has 0 unspecified atom stereocenters. The number of H-pyrrole nitrogens is 1. The monoisotopic (exact) mass is 400 g/mol. The fourth-order valence-corrected chi connectivity index (χ4v) is 3.97. The molecule has 29 heavy (non-hydrogen) atoms. The van der Waals surface area contributed by atoms with Crippen molar-refractivity contribution in [3.63, 3.8) is 0 Å². The molecule has 5 heteroatoms. The van der Waals surface area contributed by atoms with E-state index in [9.17, 15) is 9.59 Å². The van der Waals surface area contributed by atoms with E-state index in [0.29, 0.717) is 16.6 Å². The third-order valence-electron chi connectivity index (χ3n) is 4.86. The van der Waals surface area contributed by atoms with Crippen molar-refractivity contribution in [3.05, 3.63) is 99.8 Å². The van der Waals surface area contributed by atoms with Crippen LogP contribution in [0.2, 0.25) is 0 Å².